The third kappa shape index (κ3) is 3.01. The Morgan fingerprint density at radius 2 is 2.06 bits per heavy atom. The molecular formula is C10H9F3NO3S-. The lowest BCUT2D eigenvalue weighted by Gasteiger charge is -2.39. The van der Waals surface area contributed by atoms with Gasteiger partial charge in [0, 0.05) is 24.4 Å². The molecule has 0 aliphatic carbocycles. The zero-order chi connectivity index (χ0) is 13.3. The predicted molar refractivity (Wildman–Crippen MR) is 56.4 cm³/mol. The van der Waals surface area contributed by atoms with E-state index in [1.165, 1.54) is 12.1 Å². The molecule has 1 aromatic rings. The fourth-order valence-corrected chi connectivity index (χ4v) is 2.11. The van der Waals surface area contributed by atoms with E-state index in [9.17, 15) is 21.9 Å². The summed E-state index contributed by atoms with van der Waals surface area (Å²) < 4.78 is 64.6. The molecule has 2 rings (SSSR count). The number of hydrogen-bond acceptors (Lipinski definition) is 3. The van der Waals surface area contributed by atoms with Crippen molar-refractivity contribution in [1.29, 1.82) is 0 Å². The molecule has 100 valence electrons. The Morgan fingerprint density at radius 3 is 2.61 bits per heavy atom. The Kier molecular flexibility index (Phi) is 3.60. The first-order valence-electron chi connectivity index (χ1n) is 5.04. The summed E-state index contributed by atoms with van der Waals surface area (Å²) in [5, 5.41) is 0. The summed E-state index contributed by atoms with van der Waals surface area (Å²) in [5.41, 5.74) is -0.788. The van der Waals surface area contributed by atoms with Crippen LogP contribution in [0, 0.1) is 0 Å². The average molecular weight is 280 g/mol. The fraction of sp³-hybridized carbons (Fsp3) is 0.400. The van der Waals surface area contributed by atoms with Crippen LogP contribution in [0.4, 0.5) is 13.2 Å². The number of alkyl halides is 3. The molecule has 0 saturated carbocycles. The second-order valence-corrected chi connectivity index (χ2v) is 4.78. The van der Waals surface area contributed by atoms with Gasteiger partial charge in [0.05, 0.1) is 5.56 Å². The van der Waals surface area contributed by atoms with Crippen molar-refractivity contribution in [3.8, 4) is 5.75 Å². The third-order valence-electron chi connectivity index (χ3n) is 2.49. The Bertz CT molecular complexity index is 460. The second kappa shape index (κ2) is 4.87. The summed E-state index contributed by atoms with van der Waals surface area (Å²) >= 11 is -2.30. The highest BCUT2D eigenvalue weighted by molar-refractivity contribution is 7.76. The molecule has 0 N–H and O–H groups in total. The molecule has 1 aliphatic rings. The quantitative estimate of drug-likeness (QED) is 0.790. The van der Waals surface area contributed by atoms with Crippen molar-refractivity contribution in [1.82, 2.24) is 4.31 Å². The van der Waals surface area contributed by atoms with Crippen molar-refractivity contribution in [2.24, 2.45) is 0 Å². The molecule has 1 aromatic carbocycles. The van der Waals surface area contributed by atoms with E-state index in [4.69, 9.17) is 4.74 Å². The van der Waals surface area contributed by atoms with Gasteiger partial charge in [-0.1, -0.05) is 6.07 Å². The van der Waals surface area contributed by atoms with Crippen LogP contribution in [0.15, 0.2) is 24.3 Å². The van der Waals surface area contributed by atoms with Crippen LogP contribution < -0.4 is 4.74 Å². The Labute approximate surface area is 104 Å². The van der Waals surface area contributed by atoms with Gasteiger partial charge in [-0.25, -0.2) is 4.31 Å². The fourth-order valence-electron chi connectivity index (χ4n) is 1.54. The standard InChI is InChI=1S/C10H10F3NO3S/c11-10(12,13)7-2-1-3-8(4-7)17-9-5-14(6-9)18(15)16/h1-4,9H,5-6H2,(H,15,16)/p-1. The monoisotopic (exact) mass is 280 g/mol. The van der Waals surface area contributed by atoms with Crippen molar-refractivity contribution in [3.05, 3.63) is 29.8 Å². The van der Waals surface area contributed by atoms with Crippen LogP contribution in [0.2, 0.25) is 0 Å². The highest BCUT2D eigenvalue weighted by Crippen LogP contribution is 2.31. The van der Waals surface area contributed by atoms with Crippen LogP contribution in [-0.2, 0) is 17.4 Å². The molecule has 0 radical (unpaired) electrons. The highest BCUT2D eigenvalue weighted by Gasteiger charge is 2.32. The van der Waals surface area contributed by atoms with E-state index >= 15 is 0 Å². The number of benzene rings is 1. The molecule has 1 heterocycles. The minimum absolute atomic E-state index is 0.0890. The summed E-state index contributed by atoms with van der Waals surface area (Å²) in [5.74, 6) is 0.0890. The molecule has 8 heteroatoms. The first-order chi connectivity index (χ1) is 8.36. The lowest BCUT2D eigenvalue weighted by Crippen LogP contribution is -2.54. The van der Waals surface area contributed by atoms with Gasteiger partial charge in [0.2, 0.25) is 0 Å². The van der Waals surface area contributed by atoms with Gasteiger partial charge < -0.3 is 9.29 Å². The maximum atomic E-state index is 12.4. The van der Waals surface area contributed by atoms with Crippen molar-refractivity contribution in [2.75, 3.05) is 13.1 Å². The average Bonchev–Trinajstić information content (AvgIpc) is 2.21. The molecule has 1 atom stereocenters. The van der Waals surface area contributed by atoms with E-state index in [0.29, 0.717) is 0 Å². The van der Waals surface area contributed by atoms with Gasteiger partial charge in [0.25, 0.3) is 0 Å². The smallest absolute Gasteiger partial charge is 0.416 e. The van der Waals surface area contributed by atoms with Crippen LogP contribution in [0.5, 0.6) is 5.75 Å². The molecular weight excluding hydrogens is 271 g/mol. The maximum Gasteiger partial charge on any atom is 0.416 e. The first-order valence-corrected chi connectivity index (χ1v) is 6.07. The zero-order valence-electron chi connectivity index (χ0n) is 9.02. The summed E-state index contributed by atoms with van der Waals surface area (Å²) in [6.45, 7) is 0.318. The highest BCUT2D eigenvalue weighted by atomic mass is 32.2. The second-order valence-electron chi connectivity index (χ2n) is 3.83. The van der Waals surface area contributed by atoms with E-state index in [-0.39, 0.29) is 18.8 Å². The molecule has 1 unspecified atom stereocenters. The van der Waals surface area contributed by atoms with Crippen LogP contribution in [0.3, 0.4) is 0 Å². The van der Waals surface area contributed by atoms with Crippen LogP contribution in [-0.4, -0.2) is 32.3 Å². The third-order valence-corrected chi connectivity index (χ3v) is 3.21. The van der Waals surface area contributed by atoms with E-state index in [1.54, 1.807) is 0 Å². The normalized spacial score (nSPS) is 19.3. The van der Waals surface area contributed by atoms with Crippen LogP contribution in [0.1, 0.15) is 5.56 Å². The van der Waals surface area contributed by atoms with Crippen LogP contribution in [0.25, 0.3) is 0 Å². The SMILES string of the molecule is O=S([O-])N1CC(Oc2cccc(C(F)(F)F)c2)C1. The van der Waals surface area contributed by atoms with Gasteiger partial charge in [0.15, 0.2) is 0 Å². The lowest BCUT2D eigenvalue weighted by atomic mass is 10.2. The van der Waals surface area contributed by atoms with E-state index in [0.717, 1.165) is 16.4 Å². The zero-order valence-corrected chi connectivity index (χ0v) is 9.83. The number of ether oxygens (including phenoxy) is 1. The summed E-state index contributed by atoms with van der Waals surface area (Å²) in [6.07, 6.45) is -4.81. The summed E-state index contributed by atoms with van der Waals surface area (Å²) in [4.78, 5) is 0. The maximum absolute atomic E-state index is 12.4. The van der Waals surface area contributed by atoms with Gasteiger partial charge >= 0.3 is 6.18 Å². The predicted octanol–water partition coefficient (Wildman–Crippen LogP) is 1.56. The lowest BCUT2D eigenvalue weighted by molar-refractivity contribution is -0.137. The van der Waals surface area contributed by atoms with Crippen molar-refractivity contribution < 1.29 is 26.7 Å². The van der Waals surface area contributed by atoms with E-state index in [1.807, 2.05) is 0 Å². The molecule has 0 bridgehead atoms. The van der Waals surface area contributed by atoms with Gasteiger partial charge in [-0.2, -0.15) is 13.2 Å². The number of nitrogens with zero attached hydrogens (tertiary/aromatic N) is 1. The molecule has 0 aromatic heterocycles. The molecule has 1 fully saturated rings. The molecule has 18 heavy (non-hydrogen) atoms. The summed E-state index contributed by atoms with van der Waals surface area (Å²) in [7, 11) is 0. The topological polar surface area (TPSA) is 52.6 Å². The molecule has 4 nitrogen and oxygen atoms in total. The largest absolute Gasteiger partial charge is 0.760 e. The Hall–Kier alpha value is -1.12. The van der Waals surface area contributed by atoms with Crippen molar-refractivity contribution in [3.63, 3.8) is 0 Å². The van der Waals surface area contributed by atoms with Gasteiger partial charge in [0.1, 0.15) is 11.9 Å². The van der Waals surface area contributed by atoms with E-state index < -0.39 is 29.1 Å². The molecule has 1 aliphatic heterocycles. The van der Waals surface area contributed by atoms with Gasteiger partial charge in [-0.3, -0.25) is 4.21 Å². The van der Waals surface area contributed by atoms with Crippen molar-refractivity contribution in [2.45, 2.75) is 12.3 Å². The minimum atomic E-state index is -4.42. The molecule has 0 spiro atoms. The number of rotatable bonds is 3. The number of halogens is 3. The van der Waals surface area contributed by atoms with Crippen molar-refractivity contribution >= 4 is 11.3 Å². The van der Waals surface area contributed by atoms with Crippen LogP contribution >= 0.6 is 0 Å². The Balaban J connectivity index is 1.97. The summed E-state index contributed by atoms with van der Waals surface area (Å²) in [6, 6.07) is 4.51. The first kappa shape index (κ1) is 13.3. The molecule has 0 amide bonds. The Morgan fingerprint density at radius 1 is 1.39 bits per heavy atom. The van der Waals surface area contributed by atoms with E-state index in [2.05, 4.69) is 0 Å². The molecule has 1 saturated heterocycles. The van der Waals surface area contributed by atoms with Gasteiger partial charge in [-0.05, 0) is 18.2 Å². The number of hydrogen-bond donors (Lipinski definition) is 0. The van der Waals surface area contributed by atoms with Gasteiger partial charge in [-0.15, -0.1) is 0 Å². The minimum Gasteiger partial charge on any atom is -0.760 e.